The van der Waals surface area contributed by atoms with Gasteiger partial charge in [-0.2, -0.15) is 13.2 Å². The largest absolute Gasteiger partial charge is 0.416 e. The molecule has 9 nitrogen and oxygen atoms in total. The van der Waals surface area contributed by atoms with Gasteiger partial charge in [0, 0.05) is 39.4 Å². The zero-order valence-corrected chi connectivity index (χ0v) is 25.1. The molecule has 0 fully saturated rings. The molecule has 0 bridgehead atoms. The minimum atomic E-state index is -4.41. The molecule has 0 aliphatic heterocycles. The first-order valence-electron chi connectivity index (χ1n) is 13.0. The number of alkyl halides is 3. The molecule has 0 saturated heterocycles. The molecule has 224 valence electrons. The van der Waals surface area contributed by atoms with Crippen molar-refractivity contribution in [1.29, 1.82) is 0 Å². The van der Waals surface area contributed by atoms with Gasteiger partial charge in [0.1, 0.15) is 0 Å². The third-order valence-electron chi connectivity index (χ3n) is 6.53. The molecule has 2 aromatic carbocycles. The number of nitrogens with one attached hydrogen (secondary N) is 2. The van der Waals surface area contributed by atoms with Crippen molar-refractivity contribution < 1.29 is 27.4 Å². The number of fused-ring (bicyclic) bond motifs is 2. The number of imidazole rings is 1. The topological polar surface area (TPSA) is 116 Å². The number of amides is 1. The minimum absolute atomic E-state index is 0.139. The Bertz CT molecular complexity index is 1490. The van der Waals surface area contributed by atoms with Gasteiger partial charge in [0.05, 0.1) is 38.0 Å². The number of carbonyl (C=O) groups is 1. The maximum atomic E-state index is 13.0. The number of aromatic nitrogens is 3. The standard InChI is InChI=1S/C23H24F3N5O2S.C5H13NO/c1-5-31-17-9-6-13(19(32)27-12-22(2,3)33-4)10-16(17)28-20(31)30-21-29-15-8-7-14(23(24,25)26)11-18(15)34-21;1-5(2,4-6)7-3/h6-11H,5,12H2,1-4H3,(H,27,32)(H,28,29,30);4,6H2,1-3H3. The second-order valence-electron chi connectivity index (χ2n) is 10.5. The number of hydrogen-bond acceptors (Lipinski definition) is 8. The molecule has 4 rings (SSSR count). The van der Waals surface area contributed by atoms with Crippen molar-refractivity contribution in [3.05, 3.63) is 47.5 Å². The van der Waals surface area contributed by atoms with E-state index in [1.165, 1.54) is 6.07 Å². The van der Waals surface area contributed by atoms with Gasteiger partial charge in [-0.3, -0.25) is 4.79 Å². The number of nitrogens with zero attached hydrogens (tertiary/aromatic N) is 3. The van der Waals surface area contributed by atoms with Gasteiger partial charge in [0.15, 0.2) is 5.13 Å². The minimum Gasteiger partial charge on any atom is -0.378 e. The molecular weight excluding hydrogens is 557 g/mol. The van der Waals surface area contributed by atoms with Crippen molar-refractivity contribution >= 4 is 49.6 Å². The number of ether oxygens (including phenoxy) is 2. The summed E-state index contributed by atoms with van der Waals surface area (Å²) in [5.74, 6) is 0.255. The lowest BCUT2D eigenvalue weighted by Crippen LogP contribution is -2.39. The predicted octanol–water partition coefficient (Wildman–Crippen LogP) is 5.95. The SMILES string of the molecule is CCn1c(Nc2nc3ccc(C(F)(F)F)cc3s2)nc2cc(C(=O)NCC(C)(C)OC)ccc21.COC(C)(C)CN. The monoisotopic (exact) mass is 594 g/mol. The summed E-state index contributed by atoms with van der Waals surface area (Å²) in [5, 5.41) is 6.41. The summed E-state index contributed by atoms with van der Waals surface area (Å²) in [6.07, 6.45) is -4.41. The first kappa shape index (κ1) is 32.3. The van der Waals surface area contributed by atoms with Gasteiger partial charge in [0.25, 0.3) is 5.91 Å². The predicted molar refractivity (Wildman–Crippen MR) is 157 cm³/mol. The first-order valence-corrected chi connectivity index (χ1v) is 13.8. The van der Waals surface area contributed by atoms with Gasteiger partial charge in [-0.05, 0) is 71.0 Å². The number of aryl methyl sites for hydroxylation is 1. The second-order valence-corrected chi connectivity index (χ2v) is 11.6. The fraction of sp³-hybridized carbons (Fsp3) is 0.464. The lowest BCUT2D eigenvalue weighted by molar-refractivity contribution is -0.137. The number of methoxy groups -OCH3 is 2. The quantitative estimate of drug-likeness (QED) is 0.219. The van der Waals surface area contributed by atoms with Gasteiger partial charge in [-0.1, -0.05) is 11.3 Å². The van der Waals surface area contributed by atoms with Crippen molar-refractivity contribution in [1.82, 2.24) is 19.9 Å². The molecule has 0 spiro atoms. The Morgan fingerprint density at radius 1 is 1.00 bits per heavy atom. The maximum Gasteiger partial charge on any atom is 0.416 e. The lowest BCUT2D eigenvalue weighted by Gasteiger charge is -2.23. The number of halogens is 3. The summed E-state index contributed by atoms with van der Waals surface area (Å²) < 4.78 is 51.7. The normalized spacial score (nSPS) is 12.4. The van der Waals surface area contributed by atoms with Crippen LogP contribution in [0.2, 0.25) is 0 Å². The molecule has 0 radical (unpaired) electrons. The molecule has 0 atom stereocenters. The fourth-order valence-electron chi connectivity index (χ4n) is 3.49. The van der Waals surface area contributed by atoms with E-state index in [9.17, 15) is 18.0 Å². The molecule has 41 heavy (non-hydrogen) atoms. The van der Waals surface area contributed by atoms with Crippen molar-refractivity contribution in [2.24, 2.45) is 5.73 Å². The molecule has 0 aliphatic rings. The van der Waals surface area contributed by atoms with Crippen LogP contribution >= 0.6 is 11.3 Å². The number of benzene rings is 2. The molecule has 1 amide bonds. The maximum absolute atomic E-state index is 13.0. The van der Waals surface area contributed by atoms with Gasteiger partial charge in [-0.15, -0.1) is 0 Å². The van der Waals surface area contributed by atoms with E-state index in [-0.39, 0.29) is 11.5 Å². The van der Waals surface area contributed by atoms with Crippen molar-refractivity contribution in [3.63, 3.8) is 0 Å². The average Bonchev–Trinajstić information content (AvgIpc) is 3.50. The molecule has 4 aromatic rings. The van der Waals surface area contributed by atoms with Crippen LogP contribution in [0, 0.1) is 0 Å². The van der Waals surface area contributed by atoms with Crippen molar-refractivity contribution in [3.8, 4) is 0 Å². The van der Waals surface area contributed by atoms with Crippen LogP contribution in [0.15, 0.2) is 36.4 Å². The highest BCUT2D eigenvalue weighted by atomic mass is 32.1. The highest BCUT2D eigenvalue weighted by Crippen LogP contribution is 2.35. The van der Waals surface area contributed by atoms with E-state index in [1.807, 2.05) is 45.3 Å². The number of anilines is 2. The van der Waals surface area contributed by atoms with Crippen molar-refractivity contribution in [2.75, 3.05) is 32.6 Å². The number of carbonyl (C=O) groups excluding carboxylic acids is 1. The zero-order chi connectivity index (χ0) is 30.6. The lowest BCUT2D eigenvalue weighted by atomic mass is 10.1. The van der Waals surface area contributed by atoms with Crippen LogP contribution in [0.1, 0.15) is 50.5 Å². The Kier molecular flexibility index (Phi) is 10.0. The number of thiazole rings is 1. The molecule has 0 saturated carbocycles. The van der Waals surface area contributed by atoms with Crippen LogP contribution in [-0.2, 0) is 22.2 Å². The number of rotatable bonds is 9. The highest BCUT2D eigenvalue weighted by molar-refractivity contribution is 7.22. The van der Waals surface area contributed by atoms with Crippen LogP contribution in [0.4, 0.5) is 24.3 Å². The van der Waals surface area contributed by atoms with Crippen LogP contribution in [0.5, 0.6) is 0 Å². The van der Waals surface area contributed by atoms with Gasteiger partial charge < -0.3 is 30.4 Å². The Morgan fingerprint density at radius 3 is 2.24 bits per heavy atom. The van der Waals surface area contributed by atoms with Gasteiger partial charge in [-0.25, -0.2) is 9.97 Å². The molecular formula is C28H37F3N6O3S. The summed E-state index contributed by atoms with van der Waals surface area (Å²) in [6, 6.07) is 8.73. The van der Waals surface area contributed by atoms with E-state index in [1.54, 1.807) is 26.4 Å². The molecule has 0 unspecified atom stereocenters. The first-order chi connectivity index (χ1) is 19.1. The molecule has 13 heteroatoms. The Balaban J connectivity index is 0.000000587. The summed E-state index contributed by atoms with van der Waals surface area (Å²) in [5.41, 5.74) is 6.32. The van der Waals surface area contributed by atoms with Gasteiger partial charge >= 0.3 is 6.18 Å². The Labute approximate surface area is 241 Å². The van der Waals surface area contributed by atoms with Crippen LogP contribution in [0.25, 0.3) is 21.3 Å². The zero-order valence-electron chi connectivity index (χ0n) is 24.3. The molecule has 4 N–H and O–H groups in total. The third kappa shape index (κ3) is 8.15. The number of nitrogens with two attached hydrogens (primary N) is 1. The molecule has 2 heterocycles. The summed E-state index contributed by atoms with van der Waals surface area (Å²) in [7, 11) is 3.25. The van der Waals surface area contributed by atoms with Crippen LogP contribution < -0.4 is 16.4 Å². The van der Waals surface area contributed by atoms with E-state index >= 15 is 0 Å². The van der Waals surface area contributed by atoms with E-state index < -0.39 is 17.3 Å². The van der Waals surface area contributed by atoms with Crippen LogP contribution in [-0.4, -0.2) is 59.0 Å². The summed E-state index contributed by atoms with van der Waals surface area (Å²) in [6.45, 7) is 11.1. The van der Waals surface area contributed by atoms with E-state index in [0.29, 0.717) is 52.0 Å². The highest BCUT2D eigenvalue weighted by Gasteiger charge is 2.31. The average molecular weight is 595 g/mol. The van der Waals surface area contributed by atoms with E-state index in [2.05, 4.69) is 20.6 Å². The molecule has 0 aliphatic carbocycles. The van der Waals surface area contributed by atoms with E-state index in [0.717, 1.165) is 29.0 Å². The second kappa shape index (κ2) is 12.7. The number of hydrogen-bond donors (Lipinski definition) is 3. The van der Waals surface area contributed by atoms with Gasteiger partial charge in [0.2, 0.25) is 5.95 Å². The Hall–Kier alpha value is -3.26. The summed E-state index contributed by atoms with van der Waals surface area (Å²) in [4.78, 5) is 21.6. The van der Waals surface area contributed by atoms with E-state index in [4.69, 9.17) is 15.2 Å². The summed E-state index contributed by atoms with van der Waals surface area (Å²) >= 11 is 1.12. The van der Waals surface area contributed by atoms with Crippen molar-refractivity contribution in [2.45, 2.75) is 58.5 Å². The Morgan fingerprint density at radius 2 is 1.68 bits per heavy atom. The smallest absolute Gasteiger partial charge is 0.378 e. The third-order valence-corrected chi connectivity index (χ3v) is 7.47. The van der Waals surface area contributed by atoms with Crippen LogP contribution in [0.3, 0.4) is 0 Å². The molecule has 2 aromatic heterocycles. The fourth-order valence-corrected chi connectivity index (χ4v) is 4.39.